The molecule has 30 heavy (non-hydrogen) atoms. The van der Waals surface area contributed by atoms with E-state index in [0.717, 1.165) is 81.3 Å². The zero-order chi connectivity index (χ0) is 20.9. The summed E-state index contributed by atoms with van der Waals surface area (Å²) in [6.07, 6.45) is 2.28. The number of piperazine rings is 1. The van der Waals surface area contributed by atoms with Crippen LogP contribution in [-0.2, 0) is 11.3 Å². The predicted molar refractivity (Wildman–Crippen MR) is 119 cm³/mol. The van der Waals surface area contributed by atoms with Crippen LogP contribution in [0.15, 0.2) is 39.7 Å². The van der Waals surface area contributed by atoms with Crippen molar-refractivity contribution in [3.05, 3.63) is 36.1 Å². The summed E-state index contributed by atoms with van der Waals surface area (Å²) in [6, 6.07) is 10.1. The molecule has 0 saturated carbocycles. The highest BCUT2D eigenvalue weighted by molar-refractivity contribution is 5.82. The standard InChI is InChI=1S/C23H33N5O2/c1-3-24-23(25-17-20-16-19-8-4-5-9-21(19)30-20)28-14-12-26(13-15-28)18(2)22(29)27-10-6-7-11-27/h4-5,8-9,16,18H,3,6-7,10-15,17H2,1-2H3,(H,24,25). The number of furan rings is 1. The van der Waals surface area contributed by atoms with E-state index in [-0.39, 0.29) is 11.9 Å². The quantitative estimate of drug-likeness (QED) is 0.605. The first-order valence-corrected chi connectivity index (χ1v) is 11.2. The summed E-state index contributed by atoms with van der Waals surface area (Å²) in [5.41, 5.74) is 0.901. The minimum atomic E-state index is -0.0414. The van der Waals surface area contributed by atoms with Gasteiger partial charge in [-0.2, -0.15) is 0 Å². The normalized spacial score (nSPS) is 19.5. The number of amides is 1. The molecule has 2 aliphatic rings. The van der Waals surface area contributed by atoms with Crippen LogP contribution in [0.2, 0.25) is 0 Å². The van der Waals surface area contributed by atoms with Crippen molar-refractivity contribution in [2.45, 2.75) is 39.3 Å². The van der Waals surface area contributed by atoms with E-state index in [9.17, 15) is 4.79 Å². The number of nitrogens with one attached hydrogen (secondary N) is 1. The molecule has 1 atom stereocenters. The van der Waals surface area contributed by atoms with Gasteiger partial charge in [-0.25, -0.2) is 4.99 Å². The second-order valence-electron chi connectivity index (χ2n) is 8.15. The number of nitrogens with zero attached hydrogens (tertiary/aromatic N) is 4. The van der Waals surface area contributed by atoms with Gasteiger partial charge in [-0.3, -0.25) is 9.69 Å². The molecule has 1 unspecified atom stereocenters. The average Bonchev–Trinajstić information content (AvgIpc) is 3.45. The van der Waals surface area contributed by atoms with Gasteiger partial charge < -0.3 is 19.5 Å². The van der Waals surface area contributed by atoms with Crippen LogP contribution >= 0.6 is 0 Å². The van der Waals surface area contributed by atoms with Crippen molar-refractivity contribution in [3.63, 3.8) is 0 Å². The van der Waals surface area contributed by atoms with Gasteiger partial charge in [-0.05, 0) is 38.8 Å². The average molecular weight is 412 g/mol. The van der Waals surface area contributed by atoms with Crippen molar-refractivity contribution >= 4 is 22.8 Å². The monoisotopic (exact) mass is 411 g/mol. The summed E-state index contributed by atoms with van der Waals surface area (Å²) < 4.78 is 5.90. The predicted octanol–water partition coefficient (Wildman–Crippen LogP) is 2.53. The molecule has 4 rings (SSSR count). The lowest BCUT2D eigenvalue weighted by molar-refractivity contribution is -0.135. The maximum absolute atomic E-state index is 12.7. The number of guanidine groups is 1. The van der Waals surface area contributed by atoms with Crippen LogP contribution in [0.25, 0.3) is 11.0 Å². The lowest BCUT2D eigenvalue weighted by Gasteiger charge is -2.39. The Bertz CT molecular complexity index is 846. The fraction of sp³-hybridized carbons (Fsp3) is 0.565. The molecule has 7 nitrogen and oxygen atoms in total. The van der Waals surface area contributed by atoms with Crippen LogP contribution in [-0.4, -0.2) is 78.4 Å². The van der Waals surface area contributed by atoms with Crippen molar-refractivity contribution in [2.75, 3.05) is 45.8 Å². The summed E-state index contributed by atoms with van der Waals surface area (Å²) in [7, 11) is 0. The summed E-state index contributed by atoms with van der Waals surface area (Å²) in [6.45, 7) is 10.8. The van der Waals surface area contributed by atoms with E-state index < -0.39 is 0 Å². The minimum absolute atomic E-state index is 0.0414. The summed E-state index contributed by atoms with van der Waals surface area (Å²) in [5.74, 6) is 2.07. The Morgan fingerprint density at radius 2 is 1.83 bits per heavy atom. The van der Waals surface area contributed by atoms with Gasteiger partial charge in [0.15, 0.2) is 5.96 Å². The van der Waals surface area contributed by atoms with Gasteiger partial charge in [-0.15, -0.1) is 0 Å². The first kappa shape index (κ1) is 20.7. The number of benzene rings is 1. The maximum atomic E-state index is 12.7. The third-order valence-corrected chi connectivity index (χ3v) is 6.13. The van der Waals surface area contributed by atoms with Crippen LogP contribution < -0.4 is 5.32 Å². The number of fused-ring (bicyclic) bond motifs is 1. The second kappa shape index (κ2) is 9.51. The van der Waals surface area contributed by atoms with Crippen LogP contribution in [0.3, 0.4) is 0 Å². The molecular formula is C23H33N5O2. The number of hydrogen-bond acceptors (Lipinski definition) is 4. The van der Waals surface area contributed by atoms with E-state index in [2.05, 4.69) is 41.1 Å². The van der Waals surface area contributed by atoms with E-state index in [0.29, 0.717) is 6.54 Å². The summed E-state index contributed by atoms with van der Waals surface area (Å²) in [4.78, 5) is 24.2. The molecular weight excluding hydrogens is 378 g/mol. The molecule has 0 aliphatic carbocycles. The Hall–Kier alpha value is -2.54. The summed E-state index contributed by atoms with van der Waals surface area (Å²) in [5, 5.41) is 4.52. The van der Waals surface area contributed by atoms with Crippen LogP contribution in [0, 0.1) is 0 Å². The number of rotatable bonds is 5. The van der Waals surface area contributed by atoms with E-state index >= 15 is 0 Å². The lowest BCUT2D eigenvalue weighted by Crippen LogP contribution is -2.57. The first-order chi connectivity index (χ1) is 14.7. The highest BCUT2D eigenvalue weighted by Gasteiger charge is 2.30. The van der Waals surface area contributed by atoms with Crippen molar-refractivity contribution in [1.29, 1.82) is 0 Å². The SMILES string of the molecule is CCNC(=NCc1cc2ccccc2o1)N1CCN(C(C)C(=O)N2CCCC2)CC1. The van der Waals surface area contributed by atoms with Gasteiger partial charge in [0.25, 0.3) is 0 Å². The minimum Gasteiger partial charge on any atom is -0.459 e. The molecule has 3 heterocycles. The van der Waals surface area contributed by atoms with Crippen LogP contribution in [0.5, 0.6) is 0 Å². The van der Waals surface area contributed by atoms with Crippen LogP contribution in [0.1, 0.15) is 32.4 Å². The van der Waals surface area contributed by atoms with E-state index in [1.54, 1.807) is 0 Å². The molecule has 0 radical (unpaired) electrons. The van der Waals surface area contributed by atoms with Gasteiger partial charge in [0, 0.05) is 51.2 Å². The third-order valence-electron chi connectivity index (χ3n) is 6.13. The van der Waals surface area contributed by atoms with E-state index in [1.807, 2.05) is 23.1 Å². The Morgan fingerprint density at radius 3 is 2.53 bits per heavy atom. The molecule has 1 aromatic heterocycles. The van der Waals surface area contributed by atoms with Gasteiger partial charge in [-0.1, -0.05) is 18.2 Å². The van der Waals surface area contributed by atoms with Crippen molar-refractivity contribution < 1.29 is 9.21 Å². The zero-order valence-electron chi connectivity index (χ0n) is 18.1. The van der Waals surface area contributed by atoms with Gasteiger partial charge >= 0.3 is 0 Å². The number of para-hydroxylation sites is 1. The molecule has 2 aromatic rings. The van der Waals surface area contributed by atoms with Crippen molar-refractivity contribution in [2.24, 2.45) is 4.99 Å². The highest BCUT2D eigenvalue weighted by Crippen LogP contribution is 2.19. The highest BCUT2D eigenvalue weighted by atomic mass is 16.3. The Kier molecular flexibility index (Phi) is 6.57. The first-order valence-electron chi connectivity index (χ1n) is 11.2. The number of hydrogen-bond donors (Lipinski definition) is 1. The molecule has 2 aliphatic heterocycles. The molecule has 7 heteroatoms. The number of likely N-dealkylation sites (tertiary alicyclic amines) is 1. The fourth-order valence-corrected chi connectivity index (χ4v) is 4.37. The van der Waals surface area contributed by atoms with Gasteiger partial charge in [0.2, 0.25) is 5.91 Å². The lowest BCUT2D eigenvalue weighted by atomic mass is 10.2. The van der Waals surface area contributed by atoms with Crippen molar-refractivity contribution in [3.8, 4) is 0 Å². The molecule has 2 fully saturated rings. The van der Waals surface area contributed by atoms with Gasteiger partial charge in [0.1, 0.15) is 17.9 Å². The third kappa shape index (κ3) is 4.61. The fourth-order valence-electron chi connectivity index (χ4n) is 4.37. The molecule has 2 saturated heterocycles. The molecule has 1 N–H and O–H groups in total. The van der Waals surface area contributed by atoms with Crippen LogP contribution in [0.4, 0.5) is 0 Å². The Balaban J connectivity index is 1.35. The molecule has 162 valence electrons. The smallest absolute Gasteiger partial charge is 0.239 e. The Labute approximate surface area is 178 Å². The second-order valence-corrected chi connectivity index (χ2v) is 8.15. The van der Waals surface area contributed by atoms with Crippen molar-refractivity contribution in [1.82, 2.24) is 20.0 Å². The zero-order valence-corrected chi connectivity index (χ0v) is 18.1. The maximum Gasteiger partial charge on any atom is 0.239 e. The molecule has 1 amide bonds. The van der Waals surface area contributed by atoms with E-state index in [4.69, 9.17) is 9.41 Å². The van der Waals surface area contributed by atoms with Gasteiger partial charge in [0.05, 0.1) is 6.04 Å². The number of carbonyl (C=O) groups is 1. The molecule has 1 aromatic carbocycles. The molecule has 0 bridgehead atoms. The Morgan fingerprint density at radius 1 is 1.10 bits per heavy atom. The largest absolute Gasteiger partial charge is 0.459 e. The topological polar surface area (TPSA) is 64.3 Å². The molecule has 0 spiro atoms. The number of carbonyl (C=O) groups excluding carboxylic acids is 1. The number of aliphatic imine (C=N–C) groups is 1. The van der Waals surface area contributed by atoms with E-state index in [1.165, 1.54) is 0 Å². The summed E-state index contributed by atoms with van der Waals surface area (Å²) >= 11 is 0.